The lowest BCUT2D eigenvalue weighted by Crippen LogP contribution is -2.25. The molecular weight excluding hydrogens is 392 g/mol. The molecule has 0 aliphatic carbocycles. The molecule has 0 saturated heterocycles. The van der Waals surface area contributed by atoms with Crippen LogP contribution in [0.25, 0.3) is 0 Å². The third-order valence-electron chi connectivity index (χ3n) is 4.72. The van der Waals surface area contributed by atoms with Crippen LogP contribution in [0.15, 0.2) is 18.2 Å². The van der Waals surface area contributed by atoms with Crippen LogP contribution in [0.3, 0.4) is 0 Å². The van der Waals surface area contributed by atoms with Gasteiger partial charge in [0.05, 0.1) is 11.5 Å². The Morgan fingerprint density at radius 1 is 1.17 bits per heavy atom. The van der Waals surface area contributed by atoms with Gasteiger partial charge >= 0.3 is 5.97 Å². The Bertz CT molecular complexity index is 949. The van der Waals surface area contributed by atoms with E-state index in [-0.39, 0.29) is 23.3 Å². The van der Waals surface area contributed by atoms with Gasteiger partial charge < -0.3 is 14.6 Å². The van der Waals surface area contributed by atoms with E-state index in [9.17, 15) is 22.4 Å². The molecule has 2 aromatic rings. The van der Waals surface area contributed by atoms with Crippen molar-refractivity contribution in [3.8, 4) is 11.5 Å². The molecule has 1 aliphatic rings. The van der Waals surface area contributed by atoms with Crippen LogP contribution in [0.4, 0.5) is 17.6 Å². The normalized spacial score (nSPS) is 15.6. The van der Waals surface area contributed by atoms with E-state index in [1.54, 1.807) is 13.8 Å². The van der Waals surface area contributed by atoms with Crippen molar-refractivity contribution in [3.05, 3.63) is 58.2 Å². The number of carboxylic acid groups (broad SMARTS) is 1. The molecule has 4 nitrogen and oxygen atoms in total. The van der Waals surface area contributed by atoms with Gasteiger partial charge in [-0.15, -0.1) is 0 Å². The van der Waals surface area contributed by atoms with Gasteiger partial charge in [0.25, 0.3) is 0 Å². The summed E-state index contributed by atoms with van der Waals surface area (Å²) in [5.41, 5.74) is -0.333. The molecule has 1 heterocycles. The first-order valence-electron chi connectivity index (χ1n) is 9.01. The highest BCUT2D eigenvalue weighted by Gasteiger charge is 2.35. The van der Waals surface area contributed by atoms with Crippen LogP contribution in [0.1, 0.15) is 37.5 Å². The van der Waals surface area contributed by atoms with Gasteiger partial charge in [0.1, 0.15) is 18.0 Å². The third kappa shape index (κ3) is 4.31. The van der Waals surface area contributed by atoms with Gasteiger partial charge in [-0.05, 0) is 44.0 Å². The average molecular weight is 412 g/mol. The van der Waals surface area contributed by atoms with Crippen LogP contribution in [0, 0.1) is 29.2 Å². The second kappa shape index (κ2) is 7.57. The molecule has 0 saturated carbocycles. The number of carboxylic acids is 1. The minimum absolute atomic E-state index is 0.0710. The summed E-state index contributed by atoms with van der Waals surface area (Å²) in [4.78, 5) is 10.9. The van der Waals surface area contributed by atoms with E-state index in [1.807, 2.05) is 0 Å². The number of benzene rings is 2. The van der Waals surface area contributed by atoms with Crippen molar-refractivity contribution in [1.82, 2.24) is 0 Å². The van der Waals surface area contributed by atoms with Crippen molar-refractivity contribution in [2.24, 2.45) is 5.92 Å². The molecular formula is C21H20F4O4. The van der Waals surface area contributed by atoms with Crippen molar-refractivity contribution in [2.45, 2.75) is 45.8 Å². The van der Waals surface area contributed by atoms with E-state index in [2.05, 4.69) is 0 Å². The summed E-state index contributed by atoms with van der Waals surface area (Å²) in [7, 11) is 0. The molecule has 1 aliphatic heterocycles. The first-order valence-corrected chi connectivity index (χ1v) is 9.01. The number of hydrogen-bond donors (Lipinski definition) is 1. The van der Waals surface area contributed by atoms with E-state index in [0.717, 1.165) is 18.2 Å². The zero-order valence-corrected chi connectivity index (χ0v) is 16.1. The van der Waals surface area contributed by atoms with Crippen LogP contribution in [-0.4, -0.2) is 16.7 Å². The summed E-state index contributed by atoms with van der Waals surface area (Å²) in [6.07, 6.45) is 0.282. The van der Waals surface area contributed by atoms with Crippen molar-refractivity contribution in [3.63, 3.8) is 0 Å². The Labute approximate surface area is 165 Å². The number of rotatable bonds is 6. The number of ether oxygens (including phenoxy) is 2. The Morgan fingerprint density at radius 3 is 2.38 bits per heavy atom. The highest BCUT2D eigenvalue weighted by Crippen LogP contribution is 2.40. The van der Waals surface area contributed by atoms with Gasteiger partial charge in [-0.25, -0.2) is 17.6 Å². The zero-order valence-electron chi connectivity index (χ0n) is 16.1. The van der Waals surface area contributed by atoms with E-state index in [0.29, 0.717) is 12.0 Å². The first kappa shape index (κ1) is 21.0. The fourth-order valence-corrected chi connectivity index (χ4v) is 3.33. The number of aliphatic carboxylic acids is 1. The van der Waals surface area contributed by atoms with Crippen LogP contribution < -0.4 is 9.47 Å². The van der Waals surface area contributed by atoms with Crippen LogP contribution in [0.5, 0.6) is 11.5 Å². The maximum absolute atomic E-state index is 14.3. The Hall–Kier alpha value is -2.77. The topological polar surface area (TPSA) is 55.8 Å². The monoisotopic (exact) mass is 412 g/mol. The Kier molecular flexibility index (Phi) is 5.47. The number of fused-ring (bicyclic) bond motifs is 1. The van der Waals surface area contributed by atoms with Crippen LogP contribution >= 0.6 is 0 Å². The highest BCUT2D eigenvalue weighted by molar-refractivity contribution is 5.69. The first-order chi connectivity index (χ1) is 13.5. The van der Waals surface area contributed by atoms with Crippen LogP contribution in [0.2, 0.25) is 0 Å². The van der Waals surface area contributed by atoms with Gasteiger partial charge in [-0.3, -0.25) is 4.79 Å². The van der Waals surface area contributed by atoms with Crippen molar-refractivity contribution >= 4 is 5.97 Å². The molecule has 1 N–H and O–H groups in total. The van der Waals surface area contributed by atoms with Crippen molar-refractivity contribution in [2.75, 3.05) is 0 Å². The smallest absolute Gasteiger partial charge is 0.306 e. The average Bonchev–Trinajstić information content (AvgIpc) is 2.90. The largest absolute Gasteiger partial charge is 0.487 e. The summed E-state index contributed by atoms with van der Waals surface area (Å²) in [6.45, 7) is 4.28. The minimum Gasteiger partial charge on any atom is -0.487 e. The molecule has 0 spiro atoms. The molecule has 0 fully saturated rings. The van der Waals surface area contributed by atoms with E-state index < -0.39 is 53.1 Å². The molecule has 156 valence electrons. The SMILES string of the molecule is CC(Cc1cc(F)c(OCc2c(F)c(F)cc3c2OC(C)(C)C3)c(F)c1)C(=O)O. The zero-order chi connectivity index (χ0) is 21.5. The van der Waals surface area contributed by atoms with E-state index in [1.165, 1.54) is 6.92 Å². The van der Waals surface area contributed by atoms with Gasteiger partial charge in [-0.1, -0.05) is 6.92 Å². The lowest BCUT2D eigenvalue weighted by Gasteiger charge is -2.19. The summed E-state index contributed by atoms with van der Waals surface area (Å²) in [6, 6.07) is 2.97. The quantitative estimate of drug-likeness (QED) is 0.693. The summed E-state index contributed by atoms with van der Waals surface area (Å²) < 4.78 is 67.7. The summed E-state index contributed by atoms with van der Waals surface area (Å²) >= 11 is 0. The van der Waals surface area contributed by atoms with E-state index >= 15 is 0 Å². The molecule has 1 unspecified atom stereocenters. The molecule has 0 bridgehead atoms. The standard InChI is InChI=1S/C21H20F4O4/c1-10(20(26)27)4-11-5-15(23)19(16(24)6-11)28-9-13-17(25)14(22)7-12-8-21(2,3)29-18(12)13/h5-7,10H,4,8-9H2,1-3H3,(H,26,27). The lowest BCUT2D eigenvalue weighted by atomic mass is 10.00. The second-order valence-corrected chi connectivity index (χ2v) is 7.80. The number of halogens is 4. The predicted octanol–water partition coefficient (Wildman–Crippen LogP) is 4.80. The molecule has 2 aromatic carbocycles. The molecule has 8 heteroatoms. The summed E-state index contributed by atoms with van der Waals surface area (Å²) in [5.74, 6) is -6.99. The molecule has 1 atom stereocenters. The number of carbonyl (C=O) groups is 1. The van der Waals surface area contributed by atoms with Gasteiger partial charge in [0.15, 0.2) is 29.0 Å². The van der Waals surface area contributed by atoms with Gasteiger partial charge in [-0.2, -0.15) is 0 Å². The van der Waals surface area contributed by atoms with Crippen molar-refractivity contribution in [1.29, 1.82) is 0 Å². The molecule has 0 aromatic heterocycles. The molecule has 29 heavy (non-hydrogen) atoms. The maximum atomic E-state index is 14.3. The van der Waals surface area contributed by atoms with Crippen molar-refractivity contribution < 1.29 is 36.9 Å². The van der Waals surface area contributed by atoms with Gasteiger partial charge in [0.2, 0.25) is 0 Å². The van der Waals surface area contributed by atoms with Gasteiger partial charge in [0, 0.05) is 12.0 Å². The van der Waals surface area contributed by atoms with E-state index in [4.69, 9.17) is 14.6 Å². The molecule has 0 radical (unpaired) electrons. The third-order valence-corrected chi connectivity index (χ3v) is 4.72. The lowest BCUT2D eigenvalue weighted by molar-refractivity contribution is -0.141. The maximum Gasteiger partial charge on any atom is 0.306 e. The number of hydrogen-bond acceptors (Lipinski definition) is 3. The fraction of sp³-hybridized carbons (Fsp3) is 0.381. The highest BCUT2D eigenvalue weighted by atomic mass is 19.2. The molecule has 0 amide bonds. The Balaban J connectivity index is 1.85. The van der Waals surface area contributed by atoms with Crippen LogP contribution in [-0.2, 0) is 24.2 Å². The Morgan fingerprint density at radius 2 is 1.79 bits per heavy atom. The molecule has 3 rings (SSSR count). The fourth-order valence-electron chi connectivity index (χ4n) is 3.33. The minimum atomic E-state index is -1.20. The predicted molar refractivity (Wildman–Crippen MR) is 96.0 cm³/mol. The second-order valence-electron chi connectivity index (χ2n) is 7.80. The summed E-state index contributed by atoms with van der Waals surface area (Å²) in [5, 5.41) is 8.92.